The average Bonchev–Trinajstić information content (AvgIpc) is 2.78. The van der Waals surface area contributed by atoms with Gasteiger partial charge >= 0.3 is 0 Å². The van der Waals surface area contributed by atoms with E-state index in [2.05, 4.69) is 37.8 Å². The highest BCUT2D eigenvalue weighted by Crippen LogP contribution is 2.14. The van der Waals surface area contributed by atoms with E-state index in [1.807, 2.05) is 0 Å². The van der Waals surface area contributed by atoms with Gasteiger partial charge in [-0.2, -0.15) is 4.98 Å². The van der Waals surface area contributed by atoms with Gasteiger partial charge in [-0.1, -0.05) is 18.5 Å². The predicted octanol–water partition coefficient (Wildman–Crippen LogP) is 1.74. The topological polar surface area (TPSA) is 74.2 Å². The Bertz CT molecular complexity index is 423. The molecule has 8 heteroatoms. The first-order valence-electron chi connectivity index (χ1n) is 5.61. The van der Waals surface area contributed by atoms with Crippen LogP contribution in [0, 0.1) is 0 Å². The number of hydrogen-bond donors (Lipinski definition) is 3. The van der Waals surface area contributed by atoms with Crippen molar-refractivity contribution >= 4 is 41.7 Å². The first-order chi connectivity index (χ1) is 8.28. The van der Waals surface area contributed by atoms with Crippen molar-refractivity contribution in [2.45, 2.75) is 13.3 Å². The molecule has 3 N–H and O–H groups in total. The summed E-state index contributed by atoms with van der Waals surface area (Å²) in [6.45, 7) is 4.52. The van der Waals surface area contributed by atoms with Crippen molar-refractivity contribution in [1.29, 1.82) is 0 Å². The van der Waals surface area contributed by atoms with Crippen LogP contribution < -0.4 is 16.0 Å². The minimum absolute atomic E-state index is 0. The normalized spacial score (nSPS) is 13.3. The summed E-state index contributed by atoms with van der Waals surface area (Å²) < 4.78 is 0. The number of aromatic nitrogens is 2. The number of guanidine groups is 1. The van der Waals surface area contributed by atoms with E-state index in [9.17, 15) is 0 Å². The van der Waals surface area contributed by atoms with Crippen LogP contribution in [0.1, 0.15) is 13.3 Å². The standard InChI is InChI=1S/C10H15ClN6.ClH/c1-2-3-12-10-15-7(11)6-8(17-10)16-9-13-4-5-14-9;/h6H,2-5H2,1H3,(H3,12,13,14,15,16,17);1H. The van der Waals surface area contributed by atoms with Crippen molar-refractivity contribution in [3.05, 3.63) is 11.2 Å². The van der Waals surface area contributed by atoms with Gasteiger partial charge in [-0.05, 0) is 6.42 Å². The van der Waals surface area contributed by atoms with Crippen LogP contribution in [0.2, 0.25) is 5.15 Å². The molecule has 0 atom stereocenters. The summed E-state index contributed by atoms with van der Waals surface area (Å²) in [5.41, 5.74) is 0. The summed E-state index contributed by atoms with van der Waals surface area (Å²) in [5, 5.41) is 9.66. The second kappa shape index (κ2) is 7.23. The average molecular weight is 291 g/mol. The van der Waals surface area contributed by atoms with Crippen molar-refractivity contribution in [2.24, 2.45) is 4.99 Å². The molecule has 1 aromatic rings. The molecule has 18 heavy (non-hydrogen) atoms. The van der Waals surface area contributed by atoms with Gasteiger partial charge in [-0.3, -0.25) is 4.99 Å². The van der Waals surface area contributed by atoms with Crippen molar-refractivity contribution in [1.82, 2.24) is 15.3 Å². The summed E-state index contributed by atoms with van der Waals surface area (Å²) in [6, 6.07) is 1.67. The molecule has 0 saturated heterocycles. The summed E-state index contributed by atoms with van der Waals surface area (Å²) >= 11 is 5.92. The van der Waals surface area contributed by atoms with Crippen molar-refractivity contribution < 1.29 is 0 Å². The number of halogens is 2. The van der Waals surface area contributed by atoms with E-state index >= 15 is 0 Å². The molecule has 0 radical (unpaired) electrons. The van der Waals surface area contributed by atoms with E-state index in [1.54, 1.807) is 6.07 Å². The Labute approximate surface area is 117 Å². The van der Waals surface area contributed by atoms with Gasteiger partial charge < -0.3 is 16.0 Å². The highest BCUT2D eigenvalue weighted by molar-refractivity contribution is 6.29. The first-order valence-corrected chi connectivity index (χ1v) is 5.99. The second-order valence-electron chi connectivity index (χ2n) is 3.61. The minimum Gasteiger partial charge on any atom is -0.354 e. The molecule has 6 nitrogen and oxygen atoms in total. The molecule has 100 valence electrons. The number of anilines is 2. The number of aliphatic imine (C=N–C) groups is 1. The van der Waals surface area contributed by atoms with Gasteiger partial charge in [0.1, 0.15) is 11.0 Å². The Morgan fingerprint density at radius 1 is 1.44 bits per heavy atom. The summed E-state index contributed by atoms with van der Waals surface area (Å²) in [6.07, 6.45) is 1.01. The van der Waals surface area contributed by atoms with E-state index < -0.39 is 0 Å². The molecule has 0 amide bonds. The fourth-order valence-corrected chi connectivity index (χ4v) is 1.58. The van der Waals surface area contributed by atoms with Crippen LogP contribution in [0.5, 0.6) is 0 Å². The second-order valence-corrected chi connectivity index (χ2v) is 4.00. The van der Waals surface area contributed by atoms with E-state index in [0.29, 0.717) is 16.9 Å². The van der Waals surface area contributed by atoms with Crippen molar-refractivity contribution in [3.63, 3.8) is 0 Å². The lowest BCUT2D eigenvalue weighted by molar-refractivity contribution is 0.951. The molecule has 2 rings (SSSR count). The van der Waals surface area contributed by atoms with Crippen LogP contribution in [0.25, 0.3) is 0 Å². The molecule has 0 spiro atoms. The molecule has 2 heterocycles. The molecule has 0 unspecified atom stereocenters. The maximum Gasteiger partial charge on any atom is 0.226 e. The third kappa shape index (κ3) is 4.19. The Hall–Kier alpha value is -1.27. The van der Waals surface area contributed by atoms with Crippen molar-refractivity contribution in [2.75, 3.05) is 30.3 Å². The molecule has 0 fully saturated rings. The number of nitrogens with zero attached hydrogens (tertiary/aromatic N) is 3. The first kappa shape index (κ1) is 14.8. The lowest BCUT2D eigenvalue weighted by Crippen LogP contribution is -2.26. The zero-order valence-electron chi connectivity index (χ0n) is 10.0. The molecular formula is C10H16Cl2N6. The smallest absolute Gasteiger partial charge is 0.226 e. The summed E-state index contributed by atoms with van der Waals surface area (Å²) in [5.74, 6) is 1.89. The zero-order valence-corrected chi connectivity index (χ0v) is 11.6. The Morgan fingerprint density at radius 2 is 2.28 bits per heavy atom. The van der Waals surface area contributed by atoms with Crippen LogP contribution in [-0.2, 0) is 0 Å². The minimum atomic E-state index is 0. The largest absolute Gasteiger partial charge is 0.354 e. The molecular weight excluding hydrogens is 275 g/mol. The molecule has 1 aliphatic heterocycles. The highest BCUT2D eigenvalue weighted by Gasteiger charge is 2.08. The molecule has 1 aromatic heterocycles. The summed E-state index contributed by atoms with van der Waals surface area (Å²) in [7, 11) is 0. The monoisotopic (exact) mass is 290 g/mol. The zero-order chi connectivity index (χ0) is 12.1. The lowest BCUT2D eigenvalue weighted by Gasteiger charge is -2.08. The van der Waals surface area contributed by atoms with Crippen molar-refractivity contribution in [3.8, 4) is 0 Å². The highest BCUT2D eigenvalue weighted by atomic mass is 35.5. The van der Waals surface area contributed by atoms with Crippen LogP contribution in [0.4, 0.5) is 11.8 Å². The van der Waals surface area contributed by atoms with Gasteiger partial charge in [0.15, 0.2) is 5.96 Å². The number of rotatable bonds is 4. The molecule has 0 aromatic carbocycles. The molecule has 1 aliphatic rings. The third-order valence-corrected chi connectivity index (χ3v) is 2.34. The lowest BCUT2D eigenvalue weighted by atomic mass is 10.5. The van der Waals surface area contributed by atoms with Gasteiger partial charge in [0.2, 0.25) is 5.95 Å². The van der Waals surface area contributed by atoms with Gasteiger partial charge in [0.25, 0.3) is 0 Å². The van der Waals surface area contributed by atoms with Crippen LogP contribution >= 0.6 is 24.0 Å². The predicted molar refractivity (Wildman–Crippen MR) is 77.0 cm³/mol. The van der Waals surface area contributed by atoms with E-state index in [1.165, 1.54) is 0 Å². The Kier molecular flexibility index (Phi) is 5.94. The molecule has 0 saturated carbocycles. The number of nitrogens with one attached hydrogen (secondary N) is 3. The van der Waals surface area contributed by atoms with Crippen LogP contribution in [-0.4, -0.2) is 35.6 Å². The Balaban J connectivity index is 0.00000162. The van der Waals surface area contributed by atoms with Crippen LogP contribution in [0.3, 0.4) is 0 Å². The van der Waals surface area contributed by atoms with Gasteiger partial charge in [-0.25, -0.2) is 4.98 Å². The van der Waals surface area contributed by atoms with E-state index in [-0.39, 0.29) is 12.4 Å². The molecule has 0 aliphatic carbocycles. The summed E-state index contributed by atoms with van der Waals surface area (Å²) in [4.78, 5) is 12.6. The molecule has 0 bridgehead atoms. The fourth-order valence-electron chi connectivity index (χ4n) is 1.40. The van der Waals surface area contributed by atoms with Crippen LogP contribution in [0.15, 0.2) is 11.1 Å². The van der Waals surface area contributed by atoms with E-state index in [4.69, 9.17) is 11.6 Å². The maximum absolute atomic E-state index is 5.92. The SMILES string of the molecule is CCCNc1nc(Cl)cc(NC2=NCCN2)n1.Cl. The maximum atomic E-state index is 5.92. The third-order valence-electron chi connectivity index (χ3n) is 2.15. The van der Waals surface area contributed by atoms with Gasteiger partial charge in [0.05, 0.1) is 6.54 Å². The fraction of sp³-hybridized carbons (Fsp3) is 0.500. The quantitative estimate of drug-likeness (QED) is 0.737. The van der Waals surface area contributed by atoms with Gasteiger partial charge in [-0.15, -0.1) is 12.4 Å². The van der Waals surface area contributed by atoms with E-state index in [0.717, 1.165) is 32.0 Å². The van der Waals surface area contributed by atoms with Gasteiger partial charge in [0, 0.05) is 19.2 Å². The number of hydrogen-bond acceptors (Lipinski definition) is 6. The Morgan fingerprint density at radius 3 is 2.94 bits per heavy atom.